The number of nitrogens with one attached hydrogen (secondary N) is 1. The van der Waals surface area contributed by atoms with Crippen molar-refractivity contribution in [2.75, 3.05) is 37.6 Å². The zero-order chi connectivity index (χ0) is 18.5. The van der Waals surface area contributed by atoms with Crippen LogP contribution in [-0.2, 0) is 0 Å². The molecule has 0 aliphatic carbocycles. The van der Waals surface area contributed by atoms with Gasteiger partial charge in [0.1, 0.15) is 17.8 Å². The van der Waals surface area contributed by atoms with Gasteiger partial charge in [-0.15, -0.1) is 0 Å². The monoisotopic (exact) mass is 357 g/mol. The van der Waals surface area contributed by atoms with Crippen LogP contribution in [0.2, 0.25) is 0 Å². The highest BCUT2D eigenvalue weighted by atomic mass is 16.3. The molecule has 1 aliphatic heterocycles. The zero-order valence-electron chi connectivity index (χ0n) is 15.0. The Morgan fingerprint density at radius 3 is 2.65 bits per heavy atom. The predicted octanol–water partition coefficient (Wildman–Crippen LogP) is 1.42. The molecule has 1 saturated heterocycles. The average Bonchev–Trinajstić information content (AvgIpc) is 3.20. The van der Waals surface area contributed by atoms with Gasteiger partial charge in [-0.25, -0.2) is 9.97 Å². The number of piperazine rings is 1. The second kappa shape index (κ2) is 7.99. The molecule has 3 rings (SSSR count). The Balaban J connectivity index is 1.60. The van der Waals surface area contributed by atoms with Crippen molar-refractivity contribution in [2.45, 2.75) is 13.8 Å². The van der Waals surface area contributed by atoms with E-state index in [1.165, 1.54) is 12.6 Å². The van der Waals surface area contributed by atoms with Gasteiger partial charge in [0.15, 0.2) is 5.76 Å². The van der Waals surface area contributed by atoms with Crippen molar-refractivity contribution in [3.8, 4) is 0 Å². The summed E-state index contributed by atoms with van der Waals surface area (Å²) in [5.74, 6) is 1.12. The molecule has 2 aromatic heterocycles. The molecule has 2 aromatic rings. The number of rotatable bonds is 5. The number of carbonyl (C=O) groups is 2. The topological polar surface area (TPSA) is 91.6 Å². The van der Waals surface area contributed by atoms with Gasteiger partial charge in [-0.05, 0) is 18.1 Å². The lowest BCUT2D eigenvalue weighted by atomic mass is 10.2. The summed E-state index contributed by atoms with van der Waals surface area (Å²) in [7, 11) is 0. The summed E-state index contributed by atoms with van der Waals surface area (Å²) in [5.41, 5.74) is 0.352. The summed E-state index contributed by atoms with van der Waals surface area (Å²) in [4.78, 5) is 36.6. The molecule has 26 heavy (non-hydrogen) atoms. The van der Waals surface area contributed by atoms with Crippen molar-refractivity contribution in [1.82, 2.24) is 20.2 Å². The van der Waals surface area contributed by atoms with Gasteiger partial charge in [-0.2, -0.15) is 0 Å². The summed E-state index contributed by atoms with van der Waals surface area (Å²) in [6, 6.07) is 5.07. The second-order valence-electron chi connectivity index (χ2n) is 6.62. The summed E-state index contributed by atoms with van der Waals surface area (Å²) < 4.78 is 5.17. The third-order valence-corrected chi connectivity index (χ3v) is 4.18. The molecular formula is C18H23N5O3. The van der Waals surface area contributed by atoms with E-state index in [-0.39, 0.29) is 11.8 Å². The van der Waals surface area contributed by atoms with Crippen LogP contribution in [0.3, 0.4) is 0 Å². The second-order valence-corrected chi connectivity index (χ2v) is 6.62. The van der Waals surface area contributed by atoms with E-state index in [0.29, 0.717) is 55.9 Å². The molecule has 8 nitrogen and oxygen atoms in total. The number of nitrogens with zero attached hydrogens (tertiary/aromatic N) is 4. The molecular weight excluding hydrogens is 334 g/mol. The minimum Gasteiger partial charge on any atom is -0.459 e. The van der Waals surface area contributed by atoms with Crippen LogP contribution in [0, 0.1) is 5.92 Å². The molecule has 8 heteroatoms. The van der Waals surface area contributed by atoms with Gasteiger partial charge >= 0.3 is 0 Å². The van der Waals surface area contributed by atoms with Gasteiger partial charge < -0.3 is 19.5 Å². The molecule has 0 unspecified atom stereocenters. The summed E-state index contributed by atoms with van der Waals surface area (Å²) in [5, 5.41) is 2.86. The minimum atomic E-state index is -0.200. The van der Waals surface area contributed by atoms with E-state index in [9.17, 15) is 9.59 Å². The molecule has 0 atom stereocenters. The van der Waals surface area contributed by atoms with Gasteiger partial charge in [-0.3, -0.25) is 9.59 Å². The van der Waals surface area contributed by atoms with Crippen LogP contribution in [0.5, 0.6) is 0 Å². The predicted molar refractivity (Wildman–Crippen MR) is 96.0 cm³/mol. The molecule has 1 fully saturated rings. The lowest BCUT2D eigenvalue weighted by Gasteiger charge is -2.35. The van der Waals surface area contributed by atoms with E-state index in [4.69, 9.17) is 4.42 Å². The molecule has 0 saturated carbocycles. The van der Waals surface area contributed by atoms with Gasteiger partial charge in [0, 0.05) is 38.8 Å². The zero-order valence-corrected chi connectivity index (χ0v) is 15.0. The van der Waals surface area contributed by atoms with Crippen molar-refractivity contribution in [2.24, 2.45) is 5.92 Å². The molecule has 3 heterocycles. The molecule has 0 radical (unpaired) electrons. The Kier molecular flexibility index (Phi) is 5.50. The minimum absolute atomic E-state index is 0.105. The first-order chi connectivity index (χ1) is 12.5. The molecule has 2 amide bonds. The van der Waals surface area contributed by atoms with Gasteiger partial charge in [0.05, 0.1) is 6.26 Å². The smallest absolute Gasteiger partial charge is 0.289 e. The molecule has 1 aliphatic rings. The summed E-state index contributed by atoms with van der Waals surface area (Å²) in [6.45, 7) is 7.08. The van der Waals surface area contributed by atoms with Gasteiger partial charge in [0.25, 0.3) is 11.8 Å². The highest BCUT2D eigenvalue weighted by molar-refractivity contribution is 5.93. The van der Waals surface area contributed by atoms with Crippen LogP contribution in [0.1, 0.15) is 34.9 Å². The maximum Gasteiger partial charge on any atom is 0.289 e. The first kappa shape index (κ1) is 17.9. The molecule has 138 valence electrons. The van der Waals surface area contributed by atoms with E-state index in [0.717, 1.165) is 0 Å². The SMILES string of the molecule is CC(C)CNC(=O)c1cc(N2CCN(C(=O)c3ccco3)CC2)ncn1. The molecule has 1 N–H and O–H groups in total. The number of hydrogen-bond donors (Lipinski definition) is 1. The first-order valence-corrected chi connectivity index (χ1v) is 8.72. The van der Waals surface area contributed by atoms with Crippen molar-refractivity contribution in [1.29, 1.82) is 0 Å². The van der Waals surface area contributed by atoms with Crippen LogP contribution in [0.4, 0.5) is 5.82 Å². The number of amides is 2. The molecule has 0 aromatic carbocycles. The third-order valence-electron chi connectivity index (χ3n) is 4.18. The highest BCUT2D eigenvalue weighted by Crippen LogP contribution is 2.16. The Morgan fingerprint density at radius 1 is 1.23 bits per heavy atom. The maximum absolute atomic E-state index is 12.3. The van der Waals surface area contributed by atoms with E-state index in [2.05, 4.69) is 15.3 Å². The Hall–Kier alpha value is -2.90. The fourth-order valence-electron chi connectivity index (χ4n) is 2.73. The Morgan fingerprint density at radius 2 is 2.00 bits per heavy atom. The Labute approximate surface area is 152 Å². The van der Waals surface area contributed by atoms with E-state index in [1.54, 1.807) is 23.1 Å². The van der Waals surface area contributed by atoms with Crippen molar-refractivity contribution >= 4 is 17.6 Å². The summed E-state index contributed by atoms with van der Waals surface area (Å²) >= 11 is 0. The summed E-state index contributed by atoms with van der Waals surface area (Å²) in [6.07, 6.45) is 2.90. The van der Waals surface area contributed by atoms with E-state index >= 15 is 0 Å². The normalized spacial score (nSPS) is 14.6. The van der Waals surface area contributed by atoms with E-state index < -0.39 is 0 Å². The fourth-order valence-corrected chi connectivity index (χ4v) is 2.73. The number of carbonyl (C=O) groups excluding carboxylic acids is 2. The van der Waals surface area contributed by atoms with Crippen LogP contribution < -0.4 is 10.2 Å². The van der Waals surface area contributed by atoms with Crippen LogP contribution >= 0.6 is 0 Å². The first-order valence-electron chi connectivity index (χ1n) is 8.72. The van der Waals surface area contributed by atoms with Gasteiger partial charge in [-0.1, -0.05) is 13.8 Å². The Bertz CT molecular complexity index is 752. The lowest BCUT2D eigenvalue weighted by molar-refractivity contribution is 0.0714. The highest BCUT2D eigenvalue weighted by Gasteiger charge is 2.24. The van der Waals surface area contributed by atoms with Crippen LogP contribution in [0.15, 0.2) is 35.2 Å². The van der Waals surface area contributed by atoms with Crippen molar-refractivity contribution in [3.05, 3.63) is 42.2 Å². The fraction of sp³-hybridized carbons (Fsp3) is 0.444. The molecule has 0 bridgehead atoms. The van der Waals surface area contributed by atoms with E-state index in [1.807, 2.05) is 18.7 Å². The van der Waals surface area contributed by atoms with Crippen molar-refractivity contribution in [3.63, 3.8) is 0 Å². The average molecular weight is 357 g/mol. The third kappa shape index (κ3) is 4.19. The van der Waals surface area contributed by atoms with Gasteiger partial charge in [0.2, 0.25) is 0 Å². The number of hydrogen-bond acceptors (Lipinski definition) is 6. The van der Waals surface area contributed by atoms with Crippen molar-refractivity contribution < 1.29 is 14.0 Å². The van der Waals surface area contributed by atoms with Crippen LogP contribution in [-0.4, -0.2) is 59.4 Å². The molecule has 0 spiro atoms. The number of anilines is 1. The number of aromatic nitrogens is 2. The number of furan rings is 1. The quantitative estimate of drug-likeness (QED) is 0.870. The standard InChI is InChI=1S/C18H23N5O3/c1-13(2)11-19-17(24)14-10-16(21-12-20-14)22-5-7-23(8-6-22)18(25)15-4-3-9-26-15/h3-4,9-10,12-13H,5-8,11H2,1-2H3,(H,19,24). The lowest BCUT2D eigenvalue weighted by Crippen LogP contribution is -2.49. The van der Waals surface area contributed by atoms with Crippen LogP contribution in [0.25, 0.3) is 0 Å². The largest absolute Gasteiger partial charge is 0.459 e. The maximum atomic E-state index is 12.3.